The highest BCUT2D eigenvalue weighted by atomic mass is 79.9. The molecule has 2 aliphatic rings. The van der Waals surface area contributed by atoms with Gasteiger partial charge in [0.05, 0.1) is 7.11 Å². The molecular weight excluding hydrogens is 450 g/mol. The number of ketones is 1. The van der Waals surface area contributed by atoms with E-state index in [1.54, 1.807) is 7.11 Å². The average Bonchev–Trinajstić information content (AvgIpc) is 2.79. The van der Waals surface area contributed by atoms with Crippen LogP contribution in [0.4, 0.5) is 0 Å². The van der Waals surface area contributed by atoms with Gasteiger partial charge in [0.25, 0.3) is 0 Å². The minimum absolute atomic E-state index is 0.219. The van der Waals surface area contributed by atoms with E-state index in [9.17, 15) is 4.79 Å². The molecule has 0 unspecified atom stereocenters. The van der Waals surface area contributed by atoms with Gasteiger partial charge in [0.2, 0.25) is 0 Å². The number of hydrogen-bond donors (Lipinski definition) is 0. The van der Waals surface area contributed by atoms with Crippen LogP contribution in [-0.4, -0.2) is 37.4 Å². The Morgan fingerprint density at radius 2 is 1.90 bits per heavy atom. The van der Waals surface area contributed by atoms with Gasteiger partial charge in [0.1, 0.15) is 5.75 Å². The quantitative estimate of drug-likeness (QED) is 0.419. The topological polar surface area (TPSA) is 29.5 Å². The Hall–Kier alpha value is -1.91. The maximum Gasteiger partial charge on any atom is 0.162 e. The molecule has 1 fully saturated rings. The molecule has 0 radical (unpaired) electrons. The van der Waals surface area contributed by atoms with E-state index in [0.29, 0.717) is 17.9 Å². The van der Waals surface area contributed by atoms with Gasteiger partial charge >= 0.3 is 0 Å². The summed E-state index contributed by atoms with van der Waals surface area (Å²) < 4.78 is 6.32. The summed E-state index contributed by atoms with van der Waals surface area (Å²) in [6.07, 6.45) is 12.5. The number of ether oxygens (including phenoxy) is 1. The SMILES string of the molecule is COc1ccc(C(=O)CCCN(C)C2CCC3(C=Cc4cc(Br)ccc4C3)CC2)cc1. The third-order valence-electron chi connectivity index (χ3n) is 7.17. The summed E-state index contributed by atoms with van der Waals surface area (Å²) in [4.78, 5) is 14.9. The highest BCUT2D eigenvalue weighted by molar-refractivity contribution is 9.10. The fourth-order valence-electron chi connectivity index (χ4n) is 5.14. The summed E-state index contributed by atoms with van der Waals surface area (Å²) in [6.45, 7) is 0.978. The number of Topliss-reactive ketones (excluding diaryl/α,β-unsaturated/α-hetero) is 1. The third-order valence-corrected chi connectivity index (χ3v) is 7.66. The number of halogens is 1. The van der Waals surface area contributed by atoms with E-state index in [1.807, 2.05) is 24.3 Å². The number of hydrogen-bond acceptors (Lipinski definition) is 3. The van der Waals surface area contributed by atoms with Gasteiger partial charge in [-0.3, -0.25) is 4.79 Å². The van der Waals surface area contributed by atoms with Gasteiger partial charge in [-0.25, -0.2) is 0 Å². The van der Waals surface area contributed by atoms with Crippen molar-refractivity contribution in [2.75, 3.05) is 20.7 Å². The van der Waals surface area contributed by atoms with Crippen molar-refractivity contribution < 1.29 is 9.53 Å². The molecule has 0 atom stereocenters. The second-order valence-corrected chi connectivity index (χ2v) is 10.1. The fraction of sp³-hybridized carbons (Fsp3) is 0.444. The highest BCUT2D eigenvalue weighted by Crippen LogP contribution is 2.45. The van der Waals surface area contributed by atoms with Crippen LogP contribution >= 0.6 is 15.9 Å². The molecule has 0 aliphatic heterocycles. The first-order valence-electron chi connectivity index (χ1n) is 11.3. The normalized spacial score (nSPS) is 22.5. The first-order valence-corrected chi connectivity index (χ1v) is 12.1. The van der Waals surface area contributed by atoms with E-state index in [1.165, 1.54) is 43.2 Å². The second-order valence-electron chi connectivity index (χ2n) is 9.18. The van der Waals surface area contributed by atoms with E-state index in [2.05, 4.69) is 58.2 Å². The molecule has 0 saturated heterocycles. The molecule has 0 amide bonds. The summed E-state index contributed by atoms with van der Waals surface area (Å²) >= 11 is 3.58. The number of rotatable bonds is 7. The van der Waals surface area contributed by atoms with Crippen LogP contribution in [0, 0.1) is 5.41 Å². The summed E-state index contributed by atoms with van der Waals surface area (Å²) in [7, 11) is 3.87. The second kappa shape index (κ2) is 9.70. The lowest BCUT2D eigenvalue weighted by atomic mass is 9.66. The maximum absolute atomic E-state index is 12.5. The van der Waals surface area contributed by atoms with Crippen LogP contribution < -0.4 is 4.74 Å². The van der Waals surface area contributed by atoms with Crippen LogP contribution in [-0.2, 0) is 6.42 Å². The van der Waals surface area contributed by atoms with Gasteiger partial charge in [-0.1, -0.05) is 34.1 Å². The van der Waals surface area contributed by atoms with Crippen molar-refractivity contribution >= 4 is 27.8 Å². The zero-order chi connectivity index (χ0) is 21.8. The Kier molecular flexibility index (Phi) is 6.98. The van der Waals surface area contributed by atoms with Crippen molar-refractivity contribution in [1.82, 2.24) is 4.90 Å². The first kappa shape index (κ1) is 22.3. The zero-order valence-corrected chi connectivity index (χ0v) is 20.2. The highest BCUT2D eigenvalue weighted by Gasteiger charge is 2.36. The lowest BCUT2D eigenvalue weighted by molar-refractivity contribution is 0.0963. The molecule has 0 heterocycles. The van der Waals surface area contributed by atoms with Crippen molar-refractivity contribution in [1.29, 1.82) is 0 Å². The van der Waals surface area contributed by atoms with Gasteiger partial charge in [-0.2, -0.15) is 0 Å². The monoisotopic (exact) mass is 481 g/mol. The molecule has 0 bridgehead atoms. The minimum Gasteiger partial charge on any atom is -0.497 e. The molecule has 0 aromatic heterocycles. The van der Waals surface area contributed by atoms with Gasteiger partial charge < -0.3 is 9.64 Å². The molecule has 1 spiro atoms. The molecule has 2 aromatic carbocycles. The van der Waals surface area contributed by atoms with Crippen molar-refractivity contribution in [2.24, 2.45) is 5.41 Å². The van der Waals surface area contributed by atoms with Gasteiger partial charge in [-0.05, 0) is 105 Å². The van der Waals surface area contributed by atoms with Crippen molar-refractivity contribution in [2.45, 2.75) is 51.0 Å². The number of methoxy groups -OCH3 is 1. The average molecular weight is 482 g/mol. The number of nitrogens with zero attached hydrogens (tertiary/aromatic N) is 1. The van der Waals surface area contributed by atoms with Crippen molar-refractivity contribution in [3.63, 3.8) is 0 Å². The summed E-state index contributed by atoms with van der Waals surface area (Å²) in [6, 6.07) is 14.7. The Balaban J connectivity index is 1.24. The molecule has 164 valence electrons. The van der Waals surface area contributed by atoms with Gasteiger partial charge in [0.15, 0.2) is 5.78 Å². The number of fused-ring (bicyclic) bond motifs is 1. The maximum atomic E-state index is 12.5. The van der Waals surface area contributed by atoms with E-state index in [-0.39, 0.29) is 5.78 Å². The zero-order valence-electron chi connectivity index (χ0n) is 18.6. The Morgan fingerprint density at radius 3 is 2.61 bits per heavy atom. The molecule has 3 nitrogen and oxygen atoms in total. The predicted molar refractivity (Wildman–Crippen MR) is 131 cm³/mol. The molecule has 4 heteroatoms. The van der Waals surface area contributed by atoms with Crippen molar-refractivity contribution in [3.8, 4) is 5.75 Å². The third kappa shape index (κ3) is 5.30. The number of benzene rings is 2. The smallest absolute Gasteiger partial charge is 0.162 e. The van der Waals surface area contributed by atoms with Crippen LogP contribution in [0.2, 0.25) is 0 Å². The Morgan fingerprint density at radius 1 is 1.16 bits per heavy atom. The summed E-state index contributed by atoms with van der Waals surface area (Å²) in [5.74, 6) is 1.01. The molecule has 0 N–H and O–H groups in total. The van der Waals surface area contributed by atoms with Crippen LogP contribution in [0.1, 0.15) is 60.0 Å². The fourth-order valence-corrected chi connectivity index (χ4v) is 5.52. The van der Waals surface area contributed by atoms with E-state index in [0.717, 1.165) is 28.8 Å². The van der Waals surface area contributed by atoms with Crippen LogP contribution in [0.3, 0.4) is 0 Å². The van der Waals surface area contributed by atoms with Crippen LogP contribution in [0.5, 0.6) is 5.75 Å². The lowest BCUT2D eigenvalue weighted by Gasteiger charge is -2.43. The Labute approximate surface area is 194 Å². The molecule has 1 saturated carbocycles. The minimum atomic E-state index is 0.219. The number of allylic oxidation sites excluding steroid dienone is 1. The predicted octanol–water partition coefficient (Wildman–Crippen LogP) is 6.55. The molecular formula is C27H32BrNO2. The molecule has 31 heavy (non-hydrogen) atoms. The van der Waals surface area contributed by atoms with Gasteiger partial charge in [-0.15, -0.1) is 0 Å². The summed E-state index contributed by atoms with van der Waals surface area (Å²) in [5.41, 5.74) is 3.96. The van der Waals surface area contributed by atoms with E-state index >= 15 is 0 Å². The Bertz CT molecular complexity index is 942. The number of carbonyl (C=O) groups is 1. The molecule has 2 aliphatic carbocycles. The molecule has 4 rings (SSSR count). The molecule has 2 aromatic rings. The van der Waals surface area contributed by atoms with Crippen LogP contribution in [0.25, 0.3) is 6.08 Å². The van der Waals surface area contributed by atoms with Crippen LogP contribution in [0.15, 0.2) is 53.0 Å². The number of carbonyl (C=O) groups excluding carboxylic acids is 1. The largest absolute Gasteiger partial charge is 0.497 e. The van der Waals surface area contributed by atoms with Gasteiger partial charge in [0, 0.05) is 22.5 Å². The van der Waals surface area contributed by atoms with Crippen molar-refractivity contribution in [3.05, 3.63) is 69.7 Å². The standard InChI is InChI=1S/C27H32BrNO2/c1-29(17-3-4-26(30)20-6-9-25(31-2)10-7-20)24-12-15-27(16-13-24)14-11-21-18-23(28)8-5-22(21)19-27/h5-11,14,18,24H,3-4,12-13,15-17,19H2,1-2H3. The lowest BCUT2D eigenvalue weighted by Crippen LogP contribution is -2.40. The van der Waals surface area contributed by atoms with E-state index < -0.39 is 0 Å². The summed E-state index contributed by atoms with van der Waals surface area (Å²) in [5, 5.41) is 0. The first-order chi connectivity index (χ1) is 15.0. The van der Waals surface area contributed by atoms with E-state index in [4.69, 9.17) is 4.74 Å².